The highest BCUT2D eigenvalue weighted by molar-refractivity contribution is 6.31. The molecule has 0 N–H and O–H groups in total. The minimum Gasteiger partial charge on any atom is -0.356 e. The molecule has 2 heterocycles. The van der Waals surface area contributed by atoms with Crippen molar-refractivity contribution in [3.8, 4) is 0 Å². The van der Waals surface area contributed by atoms with Gasteiger partial charge in [0.2, 0.25) is 0 Å². The van der Waals surface area contributed by atoms with Gasteiger partial charge < -0.3 is 4.90 Å². The second kappa shape index (κ2) is 6.04. The van der Waals surface area contributed by atoms with Crippen molar-refractivity contribution in [2.75, 3.05) is 18.0 Å². The van der Waals surface area contributed by atoms with Crippen molar-refractivity contribution in [3.05, 3.63) is 29.0 Å². The van der Waals surface area contributed by atoms with Crippen LogP contribution in [0, 0.1) is 0 Å². The van der Waals surface area contributed by atoms with Crippen molar-refractivity contribution in [1.82, 2.24) is 9.97 Å². The Hall–Kier alpha value is -1.35. The first-order valence-corrected chi connectivity index (χ1v) is 8.91. The molecule has 1 aliphatic heterocycles. The molecule has 0 amide bonds. The van der Waals surface area contributed by atoms with Crippen molar-refractivity contribution < 1.29 is 0 Å². The topological polar surface area (TPSA) is 29.0 Å². The van der Waals surface area contributed by atoms with Crippen LogP contribution >= 0.6 is 11.6 Å². The van der Waals surface area contributed by atoms with Gasteiger partial charge in [-0.25, -0.2) is 9.97 Å². The first kappa shape index (κ1) is 14.3. The van der Waals surface area contributed by atoms with Gasteiger partial charge in [0, 0.05) is 29.4 Å². The summed E-state index contributed by atoms with van der Waals surface area (Å²) in [7, 11) is 0. The van der Waals surface area contributed by atoms with E-state index in [1.54, 1.807) is 0 Å². The normalized spacial score (nSPS) is 20.0. The van der Waals surface area contributed by atoms with Gasteiger partial charge in [-0.3, -0.25) is 0 Å². The Morgan fingerprint density at radius 1 is 0.955 bits per heavy atom. The Morgan fingerprint density at radius 3 is 2.50 bits per heavy atom. The number of hydrogen-bond acceptors (Lipinski definition) is 3. The molecule has 4 heteroatoms. The van der Waals surface area contributed by atoms with Crippen LogP contribution in [0.5, 0.6) is 0 Å². The maximum Gasteiger partial charge on any atom is 0.140 e. The van der Waals surface area contributed by atoms with E-state index in [4.69, 9.17) is 21.6 Å². The molecular formula is C18H22ClN3. The number of fused-ring (bicyclic) bond motifs is 1. The number of hydrogen-bond donors (Lipinski definition) is 0. The largest absolute Gasteiger partial charge is 0.356 e. The molecule has 0 atom stereocenters. The summed E-state index contributed by atoms with van der Waals surface area (Å²) in [5.74, 6) is 2.69. The highest BCUT2D eigenvalue weighted by Crippen LogP contribution is 2.35. The molecule has 1 aromatic heterocycles. The maximum atomic E-state index is 6.19. The molecule has 0 spiro atoms. The van der Waals surface area contributed by atoms with E-state index < -0.39 is 0 Å². The number of aromatic nitrogens is 2. The van der Waals surface area contributed by atoms with Gasteiger partial charge in [0.15, 0.2) is 0 Å². The Bertz CT molecular complexity index is 673. The minimum absolute atomic E-state index is 0.526. The number of nitrogens with zero attached hydrogens (tertiary/aromatic N) is 3. The van der Waals surface area contributed by atoms with Crippen LogP contribution in [-0.4, -0.2) is 23.1 Å². The predicted molar refractivity (Wildman–Crippen MR) is 91.8 cm³/mol. The van der Waals surface area contributed by atoms with Crippen molar-refractivity contribution in [2.24, 2.45) is 0 Å². The van der Waals surface area contributed by atoms with Crippen LogP contribution in [0.25, 0.3) is 10.9 Å². The van der Waals surface area contributed by atoms with Crippen LogP contribution in [0.15, 0.2) is 18.2 Å². The third-order valence-corrected chi connectivity index (χ3v) is 5.27. The third-order valence-electron chi connectivity index (χ3n) is 5.03. The van der Waals surface area contributed by atoms with Gasteiger partial charge in [0.1, 0.15) is 11.6 Å². The van der Waals surface area contributed by atoms with Gasteiger partial charge in [-0.05, 0) is 43.9 Å². The lowest BCUT2D eigenvalue weighted by atomic mass is 9.88. The first-order valence-electron chi connectivity index (χ1n) is 8.53. The van der Waals surface area contributed by atoms with E-state index in [0.29, 0.717) is 5.92 Å². The summed E-state index contributed by atoms with van der Waals surface area (Å²) in [6.07, 6.45) is 8.95. The van der Waals surface area contributed by atoms with Gasteiger partial charge in [-0.15, -0.1) is 0 Å². The lowest BCUT2D eigenvalue weighted by Crippen LogP contribution is -2.21. The van der Waals surface area contributed by atoms with Crippen LogP contribution < -0.4 is 4.90 Å². The average molecular weight is 316 g/mol. The van der Waals surface area contributed by atoms with Gasteiger partial charge in [0.25, 0.3) is 0 Å². The summed E-state index contributed by atoms with van der Waals surface area (Å²) in [4.78, 5) is 12.3. The summed E-state index contributed by atoms with van der Waals surface area (Å²) in [5, 5.41) is 1.90. The zero-order valence-electron chi connectivity index (χ0n) is 12.9. The molecule has 1 aliphatic carbocycles. The molecule has 2 aromatic rings. The molecule has 1 saturated carbocycles. The monoisotopic (exact) mass is 315 g/mol. The molecule has 22 heavy (non-hydrogen) atoms. The van der Waals surface area contributed by atoms with Crippen LogP contribution in [0.2, 0.25) is 5.02 Å². The molecule has 1 saturated heterocycles. The smallest absolute Gasteiger partial charge is 0.140 e. The van der Waals surface area contributed by atoms with Crippen molar-refractivity contribution in [3.63, 3.8) is 0 Å². The van der Waals surface area contributed by atoms with Crippen LogP contribution in [-0.2, 0) is 0 Å². The number of halogens is 1. The highest BCUT2D eigenvalue weighted by atomic mass is 35.5. The molecule has 1 aromatic carbocycles. The minimum atomic E-state index is 0.526. The van der Waals surface area contributed by atoms with Gasteiger partial charge >= 0.3 is 0 Å². The molecule has 0 radical (unpaired) electrons. The second-order valence-corrected chi connectivity index (χ2v) is 7.03. The van der Waals surface area contributed by atoms with Crippen LogP contribution in [0.1, 0.15) is 56.7 Å². The fourth-order valence-corrected chi connectivity index (χ4v) is 3.98. The van der Waals surface area contributed by atoms with E-state index in [0.717, 1.165) is 40.7 Å². The lowest BCUT2D eigenvalue weighted by Gasteiger charge is -2.24. The zero-order chi connectivity index (χ0) is 14.9. The van der Waals surface area contributed by atoms with Crippen molar-refractivity contribution >= 4 is 28.3 Å². The van der Waals surface area contributed by atoms with E-state index in [-0.39, 0.29) is 0 Å². The number of benzene rings is 1. The molecule has 0 bridgehead atoms. The van der Waals surface area contributed by atoms with Crippen LogP contribution in [0.4, 0.5) is 5.82 Å². The van der Waals surface area contributed by atoms with Crippen molar-refractivity contribution in [1.29, 1.82) is 0 Å². The van der Waals surface area contributed by atoms with Gasteiger partial charge in [0.05, 0.1) is 5.52 Å². The molecule has 4 rings (SSSR count). The van der Waals surface area contributed by atoms with Crippen LogP contribution in [0.3, 0.4) is 0 Å². The van der Waals surface area contributed by atoms with E-state index >= 15 is 0 Å². The molecule has 2 fully saturated rings. The molecule has 0 unspecified atom stereocenters. The fourth-order valence-electron chi connectivity index (χ4n) is 3.82. The van der Waals surface area contributed by atoms with E-state index in [1.807, 2.05) is 12.1 Å². The molecular weight excluding hydrogens is 294 g/mol. The van der Waals surface area contributed by atoms with Gasteiger partial charge in [-0.1, -0.05) is 30.9 Å². The Morgan fingerprint density at radius 2 is 1.73 bits per heavy atom. The molecule has 2 aliphatic rings. The predicted octanol–water partition coefficient (Wildman–Crippen LogP) is 4.93. The highest BCUT2D eigenvalue weighted by Gasteiger charge is 2.23. The van der Waals surface area contributed by atoms with E-state index in [2.05, 4.69) is 11.0 Å². The van der Waals surface area contributed by atoms with E-state index in [1.165, 1.54) is 44.9 Å². The van der Waals surface area contributed by atoms with Crippen molar-refractivity contribution in [2.45, 2.75) is 50.9 Å². The molecule has 3 nitrogen and oxygen atoms in total. The summed E-state index contributed by atoms with van der Waals surface area (Å²) in [6, 6.07) is 6.02. The quantitative estimate of drug-likeness (QED) is 0.786. The summed E-state index contributed by atoms with van der Waals surface area (Å²) < 4.78 is 0. The number of anilines is 1. The first-order chi connectivity index (χ1) is 10.8. The summed E-state index contributed by atoms with van der Waals surface area (Å²) in [6.45, 7) is 2.22. The average Bonchev–Trinajstić information content (AvgIpc) is 3.08. The summed E-state index contributed by atoms with van der Waals surface area (Å²) in [5.41, 5.74) is 1.00. The SMILES string of the molecule is Clc1ccc2c(N3CCCC3)nc(C3CCCCC3)nc2c1. The third kappa shape index (κ3) is 2.67. The Labute approximate surface area is 136 Å². The second-order valence-electron chi connectivity index (χ2n) is 6.60. The maximum absolute atomic E-state index is 6.19. The fraction of sp³-hybridized carbons (Fsp3) is 0.556. The standard InChI is InChI=1S/C18H22ClN3/c19-14-8-9-15-16(12-14)20-17(13-6-2-1-3-7-13)21-18(15)22-10-4-5-11-22/h8-9,12-13H,1-7,10-11H2. The number of rotatable bonds is 2. The zero-order valence-corrected chi connectivity index (χ0v) is 13.6. The molecule has 116 valence electrons. The Kier molecular flexibility index (Phi) is 3.91. The summed E-state index contributed by atoms with van der Waals surface area (Å²) >= 11 is 6.19. The van der Waals surface area contributed by atoms with Gasteiger partial charge in [-0.2, -0.15) is 0 Å². The van der Waals surface area contributed by atoms with E-state index in [9.17, 15) is 0 Å². The Balaban J connectivity index is 1.83. The lowest BCUT2D eigenvalue weighted by molar-refractivity contribution is 0.429.